The first-order valence-corrected chi connectivity index (χ1v) is 4.31. The summed E-state index contributed by atoms with van der Waals surface area (Å²) in [6, 6.07) is 0. The van der Waals surface area contributed by atoms with E-state index >= 15 is 0 Å². The van der Waals surface area contributed by atoms with Crippen LogP contribution in [-0.2, 0) is 0 Å². The molecule has 0 saturated carbocycles. The molecular weight excluding hydrogens is 132 g/mol. The van der Waals surface area contributed by atoms with E-state index in [4.69, 9.17) is 0 Å². The second-order valence-corrected chi connectivity index (χ2v) is 3.50. The van der Waals surface area contributed by atoms with Gasteiger partial charge in [0, 0.05) is 0 Å². The van der Waals surface area contributed by atoms with Crippen molar-refractivity contribution in [2.45, 2.75) is 34.1 Å². The highest BCUT2D eigenvalue weighted by Gasteiger charge is 2.15. The van der Waals surface area contributed by atoms with Crippen LogP contribution < -0.4 is 0 Å². The van der Waals surface area contributed by atoms with Gasteiger partial charge in [-0.3, -0.25) is 0 Å². The van der Waals surface area contributed by atoms with Gasteiger partial charge in [0.1, 0.15) is 0 Å². The Balaban J connectivity index is 4.25. The molecule has 0 radical (unpaired) electrons. The van der Waals surface area contributed by atoms with Crippen LogP contribution >= 0.6 is 0 Å². The molecule has 11 heavy (non-hydrogen) atoms. The van der Waals surface area contributed by atoms with Crippen LogP contribution in [0.25, 0.3) is 0 Å². The molecule has 0 aliphatic heterocycles. The fourth-order valence-corrected chi connectivity index (χ4v) is 1.47. The minimum Gasteiger partial charge on any atom is -0.0998 e. The van der Waals surface area contributed by atoms with E-state index in [-0.39, 0.29) is 0 Å². The summed E-state index contributed by atoms with van der Waals surface area (Å²) in [5.41, 5.74) is 2.54. The molecule has 0 bridgehead atoms. The standard InChI is InChI=1S/C11H20/c1-7-11(9(4)5)10(6)8(2)3/h10-11H,2,4,7H2,1,3,5-6H3. The highest BCUT2D eigenvalue weighted by Crippen LogP contribution is 2.27. The third-order valence-corrected chi connectivity index (χ3v) is 2.45. The number of hydrogen-bond acceptors (Lipinski definition) is 0. The smallest absolute Gasteiger partial charge is 0.0149 e. The molecule has 0 aliphatic rings. The van der Waals surface area contributed by atoms with Gasteiger partial charge in [-0.2, -0.15) is 0 Å². The molecule has 0 rings (SSSR count). The minimum absolute atomic E-state index is 0.581. The fourth-order valence-electron chi connectivity index (χ4n) is 1.47. The normalized spacial score (nSPS) is 15.6. The van der Waals surface area contributed by atoms with E-state index in [2.05, 4.69) is 40.9 Å². The van der Waals surface area contributed by atoms with Crippen LogP contribution in [0.3, 0.4) is 0 Å². The van der Waals surface area contributed by atoms with Crippen molar-refractivity contribution in [2.24, 2.45) is 11.8 Å². The van der Waals surface area contributed by atoms with E-state index in [1.165, 1.54) is 17.6 Å². The zero-order valence-electron chi connectivity index (χ0n) is 8.28. The summed E-state index contributed by atoms with van der Waals surface area (Å²) in [6.45, 7) is 16.6. The molecule has 0 spiro atoms. The maximum absolute atomic E-state index is 3.99. The first-order valence-electron chi connectivity index (χ1n) is 4.31. The van der Waals surface area contributed by atoms with E-state index in [1.807, 2.05) is 0 Å². The van der Waals surface area contributed by atoms with Gasteiger partial charge in [-0.05, 0) is 32.1 Å². The molecule has 0 aliphatic carbocycles. The first-order chi connectivity index (χ1) is 5.00. The van der Waals surface area contributed by atoms with Crippen molar-refractivity contribution in [1.29, 1.82) is 0 Å². The van der Waals surface area contributed by atoms with Gasteiger partial charge in [-0.15, -0.1) is 0 Å². The Bertz CT molecular complexity index is 153. The van der Waals surface area contributed by atoms with Gasteiger partial charge < -0.3 is 0 Å². The van der Waals surface area contributed by atoms with Gasteiger partial charge in [-0.1, -0.05) is 38.2 Å². The molecule has 0 fully saturated rings. The van der Waals surface area contributed by atoms with E-state index in [0.29, 0.717) is 11.8 Å². The molecule has 0 aromatic rings. The van der Waals surface area contributed by atoms with Crippen LogP contribution in [0.2, 0.25) is 0 Å². The highest BCUT2D eigenvalue weighted by molar-refractivity contribution is 5.07. The van der Waals surface area contributed by atoms with E-state index in [9.17, 15) is 0 Å². The Morgan fingerprint density at radius 2 is 1.64 bits per heavy atom. The van der Waals surface area contributed by atoms with Gasteiger partial charge in [0.2, 0.25) is 0 Å². The van der Waals surface area contributed by atoms with Crippen molar-refractivity contribution in [3.63, 3.8) is 0 Å². The van der Waals surface area contributed by atoms with Crippen LogP contribution in [0.15, 0.2) is 24.3 Å². The second-order valence-electron chi connectivity index (χ2n) is 3.50. The van der Waals surface area contributed by atoms with Crippen molar-refractivity contribution < 1.29 is 0 Å². The van der Waals surface area contributed by atoms with Gasteiger partial charge in [0.15, 0.2) is 0 Å². The lowest BCUT2D eigenvalue weighted by Crippen LogP contribution is -2.12. The van der Waals surface area contributed by atoms with Crippen LogP contribution in [-0.4, -0.2) is 0 Å². The summed E-state index contributed by atoms with van der Waals surface area (Å²) in [5.74, 6) is 1.20. The van der Waals surface area contributed by atoms with Crippen LogP contribution in [0, 0.1) is 11.8 Å². The van der Waals surface area contributed by atoms with Gasteiger partial charge in [-0.25, -0.2) is 0 Å². The van der Waals surface area contributed by atoms with Gasteiger partial charge in [0.25, 0.3) is 0 Å². The summed E-state index contributed by atoms with van der Waals surface area (Å²) < 4.78 is 0. The van der Waals surface area contributed by atoms with Crippen molar-refractivity contribution >= 4 is 0 Å². The molecule has 2 unspecified atom stereocenters. The van der Waals surface area contributed by atoms with Crippen molar-refractivity contribution in [1.82, 2.24) is 0 Å². The topological polar surface area (TPSA) is 0 Å². The maximum atomic E-state index is 3.99. The maximum Gasteiger partial charge on any atom is -0.0149 e. The summed E-state index contributed by atoms with van der Waals surface area (Å²) in [7, 11) is 0. The summed E-state index contributed by atoms with van der Waals surface area (Å²) >= 11 is 0. The minimum atomic E-state index is 0.581. The molecule has 0 N–H and O–H groups in total. The lowest BCUT2D eigenvalue weighted by molar-refractivity contribution is 0.453. The predicted molar refractivity (Wildman–Crippen MR) is 52.6 cm³/mol. The molecular formula is C11H20. The summed E-state index contributed by atoms with van der Waals surface area (Å²) in [6.07, 6.45) is 1.17. The van der Waals surface area contributed by atoms with Crippen molar-refractivity contribution in [3.8, 4) is 0 Å². The molecule has 0 aromatic carbocycles. The fraction of sp³-hybridized carbons (Fsp3) is 0.636. The van der Waals surface area contributed by atoms with Crippen LogP contribution in [0.5, 0.6) is 0 Å². The van der Waals surface area contributed by atoms with E-state index < -0.39 is 0 Å². The Labute approximate surface area is 71.0 Å². The van der Waals surface area contributed by atoms with Crippen LogP contribution in [0.1, 0.15) is 34.1 Å². The Morgan fingerprint density at radius 3 is 1.73 bits per heavy atom. The average Bonchev–Trinajstić information content (AvgIpc) is 1.88. The van der Waals surface area contributed by atoms with Crippen molar-refractivity contribution in [3.05, 3.63) is 24.3 Å². The van der Waals surface area contributed by atoms with E-state index in [1.54, 1.807) is 0 Å². The first kappa shape index (κ1) is 10.5. The van der Waals surface area contributed by atoms with E-state index in [0.717, 1.165) is 0 Å². The van der Waals surface area contributed by atoms with Crippen molar-refractivity contribution in [2.75, 3.05) is 0 Å². The monoisotopic (exact) mass is 152 g/mol. The zero-order valence-corrected chi connectivity index (χ0v) is 8.28. The highest BCUT2D eigenvalue weighted by atomic mass is 14.2. The molecule has 2 atom stereocenters. The quantitative estimate of drug-likeness (QED) is 0.537. The number of rotatable bonds is 4. The average molecular weight is 152 g/mol. The molecule has 0 amide bonds. The van der Waals surface area contributed by atoms with Gasteiger partial charge >= 0.3 is 0 Å². The van der Waals surface area contributed by atoms with Gasteiger partial charge in [0.05, 0.1) is 0 Å². The Hall–Kier alpha value is -0.520. The summed E-state index contributed by atoms with van der Waals surface area (Å²) in [5, 5.41) is 0. The molecule has 0 saturated heterocycles. The predicted octanol–water partition coefficient (Wildman–Crippen LogP) is 3.80. The lowest BCUT2D eigenvalue weighted by atomic mass is 9.83. The van der Waals surface area contributed by atoms with Crippen LogP contribution in [0.4, 0.5) is 0 Å². The third-order valence-electron chi connectivity index (χ3n) is 2.45. The second kappa shape index (κ2) is 4.38. The molecule has 0 heteroatoms. The molecule has 0 heterocycles. The Morgan fingerprint density at radius 1 is 1.18 bits per heavy atom. The SMILES string of the molecule is C=C(C)C(C)C(CC)C(=C)C. The molecule has 0 aromatic heterocycles. The lowest BCUT2D eigenvalue weighted by Gasteiger charge is -2.23. The Kier molecular flexibility index (Phi) is 4.17. The summed E-state index contributed by atoms with van der Waals surface area (Å²) in [4.78, 5) is 0. The molecule has 0 nitrogen and oxygen atoms in total. The third kappa shape index (κ3) is 2.92. The zero-order chi connectivity index (χ0) is 9.02. The molecule has 64 valence electrons. The largest absolute Gasteiger partial charge is 0.0998 e. The number of hydrogen-bond donors (Lipinski definition) is 0. The number of allylic oxidation sites excluding steroid dienone is 2.